The Morgan fingerprint density at radius 2 is 1.96 bits per heavy atom. The topological polar surface area (TPSA) is 84.3 Å². The van der Waals surface area contributed by atoms with E-state index in [1.165, 1.54) is 12.1 Å². The van der Waals surface area contributed by atoms with Gasteiger partial charge in [-0.15, -0.1) is 0 Å². The molecule has 0 unspecified atom stereocenters. The molecule has 0 aliphatic heterocycles. The number of benzene rings is 2. The van der Waals surface area contributed by atoms with Gasteiger partial charge < -0.3 is 10.6 Å². The van der Waals surface area contributed by atoms with Crippen LogP contribution >= 0.6 is 23.2 Å². The van der Waals surface area contributed by atoms with Crippen molar-refractivity contribution < 1.29 is 14.1 Å². The van der Waals surface area contributed by atoms with E-state index in [-0.39, 0.29) is 17.3 Å². The molecule has 120 valence electrons. The number of carbonyl (C=O) groups is 1. The van der Waals surface area contributed by atoms with Crippen LogP contribution in [0.15, 0.2) is 36.4 Å². The summed E-state index contributed by atoms with van der Waals surface area (Å²) in [5, 5.41) is 16.6. The minimum absolute atomic E-state index is 0.179. The smallest absolute Gasteiger partial charge is 0.306 e. The molecule has 1 amide bonds. The molecular formula is C14H10Cl2FN3O3. The van der Waals surface area contributed by atoms with Crippen molar-refractivity contribution in [3.8, 4) is 0 Å². The maximum Gasteiger partial charge on any atom is 0.306 e. The van der Waals surface area contributed by atoms with Gasteiger partial charge in [0.05, 0.1) is 22.2 Å². The Balaban J connectivity index is 1.99. The Morgan fingerprint density at radius 3 is 2.61 bits per heavy atom. The van der Waals surface area contributed by atoms with Gasteiger partial charge >= 0.3 is 5.69 Å². The second-order valence-corrected chi connectivity index (χ2v) is 5.29. The molecule has 0 aromatic heterocycles. The number of nitrogens with one attached hydrogen (secondary N) is 2. The fourth-order valence-electron chi connectivity index (χ4n) is 1.73. The van der Waals surface area contributed by atoms with Crippen LogP contribution in [0.25, 0.3) is 0 Å². The van der Waals surface area contributed by atoms with Crippen LogP contribution in [0.1, 0.15) is 0 Å². The highest BCUT2D eigenvalue weighted by Gasteiger charge is 2.14. The highest BCUT2D eigenvalue weighted by atomic mass is 35.5. The van der Waals surface area contributed by atoms with Crippen LogP contribution in [0.5, 0.6) is 0 Å². The molecule has 6 nitrogen and oxygen atoms in total. The number of nitro benzene ring substituents is 1. The number of anilines is 2. The van der Waals surface area contributed by atoms with Gasteiger partial charge in [0.15, 0.2) is 0 Å². The van der Waals surface area contributed by atoms with Gasteiger partial charge in [0.25, 0.3) is 0 Å². The first-order chi connectivity index (χ1) is 10.9. The summed E-state index contributed by atoms with van der Waals surface area (Å²) in [6, 6.07) is 7.86. The fourth-order valence-corrected chi connectivity index (χ4v) is 2.19. The summed E-state index contributed by atoms with van der Waals surface area (Å²) in [7, 11) is 0. The highest BCUT2D eigenvalue weighted by molar-refractivity contribution is 6.36. The molecule has 0 spiro atoms. The fraction of sp³-hybridized carbons (Fsp3) is 0.0714. The summed E-state index contributed by atoms with van der Waals surface area (Å²) in [5.41, 5.74) is -0.0421. The average molecular weight is 358 g/mol. The molecule has 0 saturated heterocycles. The molecule has 0 aliphatic carbocycles. The van der Waals surface area contributed by atoms with Crippen molar-refractivity contribution >= 4 is 46.2 Å². The van der Waals surface area contributed by atoms with Crippen LogP contribution in [0, 0.1) is 15.9 Å². The molecular weight excluding hydrogens is 348 g/mol. The summed E-state index contributed by atoms with van der Waals surface area (Å²) in [6.45, 7) is -0.179. The van der Waals surface area contributed by atoms with Crippen molar-refractivity contribution in [2.24, 2.45) is 0 Å². The summed E-state index contributed by atoms with van der Waals surface area (Å²) in [6.07, 6.45) is 0. The van der Waals surface area contributed by atoms with Gasteiger partial charge in [0, 0.05) is 16.8 Å². The number of rotatable bonds is 5. The van der Waals surface area contributed by atoms with E-state index >= 15 is 0 Å². The predicted molar refractivity (Wildman–Crippen MR) is 86.6 cm³/mol. The Bertz CT molecular complexity index is 771. The lowest BCUT2D eigenvalue weighted by molar-refractivity contribution is -0.387. The van der Waals surface area contributed by atoms with Crippen LogP contribution in [0.3, 0.4) is 0 Å². The van der Waals surface area contributed by atoms with E-state index in [2.05, 4.69) is 10.6 Å². The van der Waals surface area contributed by atoms with Crippen LogP contribution in [-0.2, 0) is 4.79 Å². The second-order valence-electron chi connectivity index (χ2n) is 4.45. The first kappa shape index (κ1) is 17.0. The molecule has 0 heterocycles. The van der Waals surface area contributed by atoms with Gasteiger partial charge in [-0.1, -0.05) is 23.2 Å². The Kier molecular flexibility index (Phi) is 5.36. The van der Waals surface area contributed by atoms with Crippen LogP contribution in [0.2, 0.25) is 10.0 Å². The molecule has 2 aromatic carbocycles. The Hall–Kier alpha value is -2.38. The molecule has 0 radical (unpaired) electrons. The summed E-state index contributed by atoms with van der Waals surface area (Å²) >= 11 is 11.7. The maximum absolute atomic E-state index is 13.2. The van der Waals surface area contributed by atoms with Crippen molar-refractivity contribution in [3.63, 3.8) is 0 Å². The Morgan fingerprint density at radius 1 is 1.22 bits per heavy atom. The third-order valence-electron chi connectivity index (χ3n) is 2.80. The standard InChI is InChI=1S/C14H10Cl2FN3O3/c15-8-1-4-12(10(16)5-8)19-14(21)7-18-9-2-3-11(17)13(6-9)20(22)23/h1-6,18H,7H2,(H,19,21). The molecule has 0 aliphatic rings. The molecule has 2 N–H and O–H groups in total. The van der Waals surface area contributed by atoms with Crippen molar-refractivity contribution in [1.82, 2.24) is 0 Å². The number of carbonyl (C=O) groups excluding carboxylic acids is 1. The quantitative estimate of drug-likeness (QED) is 0.623. The number of hydrogen-bond donors (Lipinski definition) is 2. The highest BCUT2D eigenvalue weighted by Crippen LogP contribution is 2.25. The van der Waals surface area contributed by atoms with E-state index < -0.39 is 22.3 Å². The predicted octanol–water partition coefficient (Wildman–Crippen LogP) is 4.09. The van der Waals surface area contributed by atoms with Crippen molar-refractivity contribution in [3.05, 3.63) is 62.4 Å². The van der Waals surface area contributed by atoms with Gasteiger partial charge in [-0.2, -0.15) is 4.39 Å². The zero-order valence-electron chi connectivity index (χ0n) is 11.5. The zero-order chi connectivity index (χ0) is 17.0. The normalized spacial score (nSPS) is 10.2. The van der Waals surface area contributed by atoms with Crippen molar-refractivity contribution in [2.75, 3.05) is 17.2 Å². The van der Waals surface area contributed by atoms with E-state index in [0.717, 1.165) is 12.1 Å². The lowest BCUT2D eigenvalue weighted by Gasteiger charge is -2.09. The molecule has 0 saturated carbocycles. The van der Waals surface area contributed by atoms with Gasteiger partial charge in [-0.25, -0.2) is 0 Å². The number of hydrogen-bond acceptors (Lipinski definition) is 4. The molecule has 9 heteroatoms. The molecule has 0 fully saturated rings. The summed E-state index contributed by atoms with van der Waals surface area (Å²) < 4.78 is 13.2. The maximum atomic E-state index is 13.2. The van der Waals surface area contributed by atoms with E-state index in [1.807, 2.05) is 0 Å². The molecule has 0 atom stereocenters. The third-order valence-corrected chi connectivity index (χ3v) is 3.35. The van der Waals surface area contributed by atoms with Crippen molar-refractivity contribution in [2.45, 2.75) is 0 Å². The van der Waals surface area contributed by atoms with E-state index in [9.17, 15) is 19.3 Å². The average Bonchev–Trinajstić information content (AvgIpc) is 2.49. The van der Waals surface area contributed by atoms with E-state index in [0.29, 0.717) is 10.7 Å². The number of nitrogens with zero attached hydrogens (tertiary/aromatic N) is 1. The van der Waals surface area contributed by atoms with Crippen LogP contribution in [0.4, 0.5) is 21.5 Å². The number of amides is 1. The van der Waals surface area contributed by atoms with Gasteiger partial charge in [-0.3, -0.25) is 14.9 Å². The van der Waals surface area contributed by atoms with Gasteiger partial charge in [0.2, 0.25) is 11.7 Å². The molecule has 2 rings (SSSR count). The van der Waals surface area contributed by atoms with E-state index in [4.69, 9.17) is 23.2 Å². The van der Waals surface area contributed by atoms with Crippen LogP contribution in [-0.4, -0.2) is 17.4 Å². The van der Waals surface area contributed by atoms with Crippen LogP contribution < -0.4 is 10.6 Å². The minimum Gasteiger partial charge on any atom is -0.376 e. The van der Waals surface area contributed by atoms with Crippen molar-refractivity contribution in [1.29, 1.82) is 0 Å². The Labute approximate surface area is 140 Å². The minimum atomic E-state index is -0.946. The first-order valence-electron chi connectivity index (χ1n) is 6.29. The molecule has 2 aromatic rings. The monoisotopic (exact) mass is 357 g/mol. The van der Waals surface area contributed by atoms with E-state index in [1.54, 1.807) is 12.1 Å². The lowest BCUT2D eigenvalue weighted by Crippen LogP contribution is -2.22. The third kappa shape index (κ3) is 4.54. The molecule has 23 heavy (non-hydrogen) atoms. The first-order valence-corrected chi connectivity index (χ1v) is 7.05. The largest absolute Gasteiger partial charge is 0.376 e. The lowest BCUT2D eigenvalue weighted by atomic mass is 10.2. The second kappa shape index (κ2) is 7.26. The summed E-state index contributed by atoms with van der Waals surface area (Å²) in [4.78, 5) is 21.6. The zero-order valence-corrected chi connectivity index (χ0v) is 13.0. The number of nitro groups is 1. The molecule has 0 bridgehead atoms. The summed E-state index contributed by atoms with van der Waals surface area (Å²) in [5.74, 6) is -1.38. The van der Waals surface area contributed by atoms with Gasteiger partial charge in [-0.05, 0) is 30.3 Å². The number of halogens is 3. The SMILES string of the molecule is O=C(CNc1ccc(F)c([N+](=O)[O-])c1)Nc1ccc(Cl)cc1Cl. The van der Waals surface area contributed by atoms with Gasteiger partial charge in [0.1, 0.15) is 0 Å².